The standard InChI is InChI=1S/C24H36N4O2S/c1-5-25-24(26-17-20-13-15-21(16-14-20)19-31(4,29)30)27-18-23(28(6-2)7-3)22-11-9-8-10-12-22/h8-16,23H,5-7,17-19H2,1-4H3,(H2,25,26,27). The Morgan fingerprint density at radius 1 is 0.935 bits per heavy atom. The Hall–Kier alpha value is -2.38. The second-order valence-corrected chi connectivity index (χ2v) is 9.75. The first-order chi connectivity index (χ1) is 14.9. The first-order valence-corrected chi connectivity index (χ1v) is 13.0. The molecule has 2 rings (SSSR count). The van der Waals surface area contributed by atoms with Gasteiger partial charge < -0.3 is 10.6 Å². The average Bonchev–Trinajstić information content (AvgIpc) is 2.75. The third-order valence-corrected chi connectivity index (χ3v) is 5.97. The van der Waals surface area contributed by atoms with Crippen molar-refractivity contribution in [3.63, 3.8) is 0 Å². The van der Waals surface area contributed by atoms with Crippen LogP contribution in [0.2, 0.25) is 0 Å². The zero-order valence-electron chi connectivity index (χ0n) is 19.1. The van der Waals surface area contributed by atoms with Gasteiger partial charge >= 0.3 is 0 Å². The van der Waals surface area contributed by atoms with Crippen LogP contribution in [-0.2, 0) is 22.1 Å². The normalized spacial score (nSPS) is 13.3. The van der Waals surface area contributed by atoms with E-state index in [1.54, 1.807) is 0 Å². The summed E-state index contributed by atoms with van der Waals surface area (Å²) in [6.45, 7) is 10.4. The predicted octanol–water partition coefficient (Wildman–Crippen LogP) is 3.37. The van der Waals surface area contributed by atoms with Gasteiger partial charge in [0.2, 0.25) is 0 Å². The van der Waals surface area contributed by atoms with Crippen LogP contribution in [0.1, 0.15) is 43.5 Å². The average molecular weight is 445 g/mol. The fraction of sp³-hybridized carbons (Fsp3) is 0.458. The van der Waals surface area contributed by atoms with Crippen LogP contribution in [0.25, 0.3) is 0 Å². The van der Waals surface area contributed by atoms with Crippen molar-refractivity contribution in [3.8, 4) is 0 Å². The third kappa shape index (κ3) is 8.71. The number of guanidine groups is 1. The van der Waals surface area contributed by atoms with Crippen molar-refractivity contribution in [2.75, 3.05) is 32.4 Å². The molecule has 2 aromatic carbocycles. The zero-order valence-corrected chi connectivity index (χ0v) is 20.0. The van der Waals surface area contributed by atoms with Crippen LogP contribution in [0.15, 0.2) is 59.6 Å². The fourth-order valence-electron chi connectivity index (χ4n) is 3.55. The molecule has 0 spiro atoms. The summed E-state index contributed by atoms with van der Waals surface area (Å²) in [6.07, 6.45) is 1.25. The van der Waals surface area contributed by atoms with Gasteiger partial charge in [0.05, 0.1) is 18.3 Å². The van der Waals surface area contributed by atoms with E-state index >= 15 is 0 Å². The van der Waals surface area contributed by atoms with E-state index in [9.17, 15) is 8.42 Å². The number of sulfone groups is 1. The number of likely N-dealkylation sites (N-methyl/N-ethyl adjacent to an activating group) is 1. The van der Waals surface area contributed by atoms with Gasteiger partial charge in [-0.2, -0.15) is 0 Å². The van der Waals surface area contributed by atoms with Crippen LogP contribution < -0.4 is 10.6 Å². The zero-order chi connectivity index (χ0) is 22.7. The van der Waals surface area contributed by atoms with Crippen LogP contribution in [0.5, 0.6) is 0 Å². The summed E-state index contributed by atoms with van der Waals surface area (Å²) in [6, 6.07) is 18.4. The quantitative estimate of drug-likeness (QED) is 0.411. The molecule has 7 heteroatoms. The minimum absolute atomic E-state index is 0.0625. The van der Waals surface area contributed by atoms with E-state index in [1.165, 1.54) is 11.8 Å². The van der Waals surface area contributed by atoms with Crippen molar-refractivity contribution >= 4 is 15.8 Å². The van der Waals surface area contributed by atoms with Crippen molar-refractivity contribution in [1.82, 2.24) is 15.5 Å². The van der Waals surface area contributed by atoms with Gasteiger partial charge in [-0.1, -0.05) is 68.4 Å². The van der Waals surface area contributed by atoms with E-state index in [0.717, 1.165) is 43.3 Å². The van der Waals surface area contributed by atoms with Crippen molar-refractivity contribution in [3.05, 3.63) is 71.3 Å². The van der Waals surface area contributed by atoms with Crippen molar-refractivity contribution in [1.29, 1.82) is 0 Å². The van der Waals surface area contributed by atoms with E-state index in [-0.39, 0.29) is 11.8 Å². The number of rotatable bonds is 11. The number of hydrogen-bond donors (Lipinski definition) is 2. The molecule has 0 aromatic heterocycles. The maximum Gasteiger partial charge on any atom is 0.191 e. The minimum atomic E-state index is -3.02. The largest absolute Gasteiger partial charge is 0.357 e. The maximum atomic E-state index is 11.5. The summed E-state index contributed by atoms with van der Waals surface area (Å²) >= 11 is 0. The van der Waals surface area contributed by atoms with E-state index in [2.05, 4.69) is 60.6 Å². The Labute approximate surface area is 187 Å². The highest BCUT2D eigenvalue weighted by Crippen LogP contribution is 2.19. The molecular formula is C24H36N4O2S. The molecule has 0 radical (unpaired) electrons. The smallest absolute Gasteiger partial charge is 0.191 e. The molecule has 0 fully saturated rings. The number of aliphatic imine (C=N–C) groups is 1. The van der Waals surface area contributed by atoms with Gasteiger partial charge in [0.25, 0.3) is 0 Å². The minimum Gasteiger partial charge on any atom is -0.357 e. The third-order valence-electron chi connectivity index (χ3n) is 5.12. The molecule has 0 heterocycles. The molecule has 31 heavy (non-hydrogen) atoms. The van der Waals surface area contributed by atoms with Crippen molar-refractivity contribution in [2.45, 2.75) is 39.1 Å². The van der Waals surface area contributed by atoms with Gasteiger partial charge in [0, 0.05) is 19.3 Å². The summed E-state index contributed by atoms with van der Waals surface area (Å²) in [5.41, 5.74) is 3.12. The molecule has 2 N–H and O–H groups in total. The molecule has 0 amide bonds. The number of nitrogens with zero attached hydrogens (tertiary/aromatic N) is 2. The number of nitrogens with one attached hydrogen (secondary N) is 2. The van der Waals surface area contributed by atoms with Crippen molar-refractivity contribution in [2.24, 2.45) is 4.99 Å². The highest BCUT2D eigenvalue weighted by atomic mass is 32.2. The first kappa shape index (κ1) is 24.9. The Balaban J connectivity index is 2.07. The van der Waals surface area contributed by atoms with Gasteiger partial charge in [0.1, 0.15) is 0 Å². The highest BCUT2D eigenvalue weighted by Gasteiger charge is 2.18. The van der Waals surface area contributed by atoms with Crippen LogP contribution in [0.3, 0.4) is 0 Å². The van der Waals surface area contributed by atoms with Crippen LogP contribution in [0.4, 0.5) is 0 Å². The molecule has 170 valence electrons. The van der Waals surface area contributed by atoms with Gasteiger partial charge in [-0.25, -0.2) is 13.4 Å². The van der Waals surface area contributed by atoms with E-state index < -0.39 is 9.84 Å². The van der Waals surface area contributed by atoms with Gasteiger partial charge in [-0.15, -0.1) is 0 Å². The fourth-order valence-corrected chi connectivity index (χ4v) is 4.34. The lowest BCUT2D eigenvalue weighted by atomic mass is 10.1. The number of benzene rings is 2. The molecule has 1 unspecified atom stereocenters. The van der Waals surface area contributed by atoms with Crippen LogP contribution >= 0.6 is 0 Å². The van der Waals surface area contributed by atoms with E-state index in [4.69, 9.17) is 4.99 Å². The SMILES string of the molecule is CCNC(=NCc1ccc(CS(C)(=O)=O)cc1)NCC(c1ccccc1)N(CC)CC. The maximum absolute atomic E-state index is 11.5. The molecule has 0 aliphatic rings. The van der Waals surface area contributed by atoms with Gasteiger partial charge in [-0.05, 0) is 36.7 Å². The Bertz CT molecular complexity index is 908. The molecule has 2 aromatic rings. The van der Waals surface area contributed by atoms with Crippen molar-refractivity contribution < 1.29 is 8.42 Å². The topological polar surface area (TPSA) is 73.8 Å². The summed E-state index contributed by atoms with van der Waals surface area (Å²) in [7, 11) is -3.02. The van der Waals surface area contributed by atoms with E-state index in [0.29, 0.717) is 6.54 Å². The highest BCUT2D eigenvalue weighted by molar-refractivity contribution is 7.89. The molecule has 6 nitrogen and oxygen atoms in total. The molecular weight excluding hydrogens is 408 g/mol. The molecule has 1 atom stereocenters. The lowest BCUT2D eigenvalue weighted by Crippen LogP contribution is -2.43. The molecule has 0 bridgehead atoms. The monoisotopic (exact) mass is 444 g/mol. The summed E-state index contributed by atoms with van der Waals surface area (Å²) in [4.78, 5) is 7.16. The lowest BCUT2D eigenvalue weighted by molar-refractivity contribution is 0.219. The first-order valence-electron chi connectivity index (χ1n) is 10.9. The Kier molecular flexibility index (Phi) is 10.0. The summed E-state index contributed by atoms with van der Waals surface area (Å²) in [5, 5.41) is 6.82. The van der Waals surface area contributed by atoms with Crippen LogP contribution in [-0.4, -0.2) is 51.7 Å². The lowest BCUT2D eigenvalue weighted by Gasteiger charge is -2.30. The summed E-state index contributed by atoms with van der Waals surface area (Å²) in [5.74, 6) is 0.836. The second-order valence-electron chi connectivity index (χ2n) is 7.61. The molecule has 0 aliphatic heterocycles. The van der Waals surface area contributed by atoms with Crippen LogP contribution in [0, 0.1) is 0 Å². The second kappa shape index (κ2) is 12.5. The Morgan fingerprint density at radius 2 is 1.55 bits per heavy atom. The Morgan fingerprint density at radius 3 is 2.10 bits per heavy atom. The molecule has 0 saturated carbocycles. The summed E-state index contributed by atoms with van der Waals surface area (Å²) < 4.78 is 22.9. The van der Waals surface area contributed by atoms with Gasteiger partial charge in [0.15, 0.2) is 15.8 Å². The molecule has 0 aliphatic carbocycles. The number of hydrogen-bond acceptors (Lipinski definition) is 4. The molecule has 0 saturated heterocycles. The van der Waals surface area contributed by atoms with E-state index in [1.807, 2.05) is 30.3 Å². The van der Waals surface area contributed by atoms with Gasteiger partial charge in [-0.3, -0.25) is 4.90 Å². The predicted molar refractivity (Wildman–Crippen MR) is 130 cm³/mol.